The van der Waals surface area contributed by atoms with Gasteiger partial charge >= 0.3 is 12.1 Å². The Kier molecular flexibility index (Phi) is 5.80. The van der Waals surface area contributed by atoms with E-state index >= 15 is 0 Å². The minimum absolute atomic E-state index is 0.0857. The van der Waals surface area contributed by atoms with Gasteiger partial charge < -0.3 is 20.9 Å². The van der Waals surface area contributed by atoms with Gasteiger partial charge in [-0.1, -0.05) is 12.1 Å². The maximum absolute atomic E-state index is 12.2. The van der Waals surface area contributed by atoms with Gasteiger partial charge in [-0.25, -0.2) is 4.79 Å². The summed E-state index contributed by atoms with van der Waals surface area (Å²) in [7, 11) is 0. The van der Waals surface area contributed by atoms with Gasteiger partial charge in [0, 0.05) is 18.8 Å². The summed E-state index contributed by atoms with van der Waals surface area (Å²) in [5.41, 5.74) is 6.99. The fourth-order valence-corrected chi connectivity index (χ4v) is 3.47. The molecule has 146 valence electrons. The fraction of sp³-hybridized carbons (Fsp3) is 0.500. The highest BCUT2D eigenvalue weighted by molar-refractivity contribution is 5.89. The van der Waals surface area contributed by atoms with Crippen LogP contribution in [0.5, 0.6) is 0 Å². The van der Waals surface area contributed by atoms with Crippen molar-refractivity contribution in [3.63, 3.8) is 0 Å². The number of nitrogens with zero attached hydrogens (tertiary/aromatic N) is 2. The number of anilines is 1. The maximum Gasteiger partial charge on any atom is 0.414 e. The molecule has 0 spiro atoms. The molecular formula is C18H25N5O4. The van der Waals surface area contributed by atoms with Crippen molar-refractivity contribution in [3.05, 3.63) is 29.8 Å². The zero-order valence-electron chi connectivity index (χ0n) is 15.1. The van der Waals surface area contributed by atoms with E-state index in [0.29, 0.717) is 45.6 Å². The van der Waals surface area contributed by atoms with E-state index in [9.17, 15) is 9.59 Å². The quantitative estimate of drug-likeness (QED) is 0.427. The van der Waals surface area contributed by atoms with E-state index in [1.165, 1.54) is 0 Å². The lowest BCUT2D eigenvalue weighted by Gasteiger charge is -2.31. The van der Waals surface area contributed by atoms with E-state index in [-0.39, 0.29) is 24.1 Å². The van der Waals surface area contributed by atoms with Gasteiger partial charge in [-0.3, -0.25) is 20.0 Å². The van der Waals surface area contributed by atoms with E-state index in [1.54, 1.807) is 4.90 Å². The highest BCUT2D eigenvalue weighted by Gasteiger charge is 2.34. The number of aliphatic carboxylic acids is 1. The third-order valence-electron chi connectivity index (χ3n) is 5.00. The lowest BCUT2D eigenvalue weighted by molar-refractivity contribution is -0.143. The minimum Gasteiger partial charge on any atom is -0.481 e. The molecule has 9 nitrogen and oxygen atoms in total. The van der Waals surface area contributed by atoms with Crippen LogP contribution < -0.4 is 16.0 Å². The van der Waals surface area contributed by atoms with Crippen molar-refractivity contribution >= 4 is 23.7 Å². The van der Waals surface area contributed by atoms with Crippen molar-refractivity contribution < 1.29 is 19.4 Å². The van der Waals surface area contributed by atoms with Gasteiger partial charge in [0.05, 0.1) is 12.5 Å². The third-order valence-corrected chi connectivity index (χ3v) is 5.00. The number of hydrogen-bond donors (Lipinski definition) is 4. The number of rotatable bonds is 6. The number of piperidine rings is 1. The molecule has 0 saturated carbocycles. The summed E-state index contributed by atoms with van der Waals surface area (Å²) in [6, 6.07) is 7.45. The van der Waals surface area contributed by atoms with Crippen LogP contribution in [0.4, 0.5) is 10.5 Å². The number of likely N-dealkylation sites (tertiary alicyclic amines) is 1. The first-order valence-corrected chi connectivity index (χ1v) is 9.02. The molecule has 1 amide bonds. The number of ether oxygens (including phenoxy) is 1. The Labute approximate surface area is 157 Å². The number of guanidine groups is 1. The molecule has 3 rings (SSSR count). The van der Waals surface area contributed by atoms with Crippen LogP contribution in [-0.4, -0.2) is 60.3 Å². The average Bonchev–Trinajstić information content (AvgIpc) is 3.01. The molecule has 0 aromatic heterocycles. The van der Waals surface area contributed by atoms with Crippen LogP contribution in [0.2, 0.25) is 0 Å². The molecule has 2 aliphatic heterocycles. The van der Waals surface area contributed by atoms with Gasteiger partial charge in [0.2, 0.25) is 0 Å². The Morgan fingerprint density at radius 2 is 1.96 bits per heavy atom. The molecule has 2 heterocycles. The first-order valence-electron chi connectivity index (χ1n) is 9.02. The Morgan fingerprint density at radius 1 is 1.30 bits per heavy atom. The van der Waals surface area contributed by atoms with E-state index in [4.69, 9.17) is 21.0 Å². The standard InChI is InChI=1S/C18H25N5O4/c19-17(20)21-9-12-1-3-14(4-2-12)23-11-15(27-18(23)26)10-22-7-5-13(6-8-22)16(24)25/h1-4,13,15H,5-11H2,(H,24,25)(H4,19,20,21). The van der Waals surface area contributed by atoms with Crippen molar-refractivity contribution in [1.29, 1.82) is 5.41 Å². The molecular weight excluding hydrogens is 350 g/mol. The molecule has 27 heavy (non-hydrogen) atoms. The predicted molar refractivity (Wildman–Crippen MR) is 99.6 cm³/mol. The van der Waals surface area contributed by atoms with Crippen LogP contribution in [0.3, 0.4) is 0 Å². The largest absolute Gasteiger partial charge is 0.481 e. The Morgan fingerprint density at radius 3 is 2.56 bits per heavy atom. The molecule has 0 bridgehead atoms. The van der Waals surface area contributed by atoms with Gasteiger partial charge in [-0.05, 0) is 43.6 Å². The molecule has 2 aliphatic rings. The molecule has 1 unspecified atom stereocenters. The van der Waals surface area contributed by atoms with Crippen molar-refractivity contribution in [1.82, 2.24) is 10.2 Å². The highest BCUT2D eigenvalue weighted by atomic mass is 16.6. The molecule has 1 aromatic rings. The van der Waals surface area contributed by atoms with Crippen LogP contribution in [0.1, 0.15) is 18.4 Å². The lowest BCUT2D eigenvalue weighted by Crippen LogP contribution is -2.41. The number of hydrogen-bond acceptors (Lipinski definition) is 5. The SMILES string of the molecule is N=C(N)NCc1ccc(N2CC(CN3CCC(C(=O)O)CC3)OC2=O)cc1. The van der Waals surface area contributed by atoms with Gasteiger partial charge in [0.15, 0.2) is 5.96 Å². The van der Waals surface area contributed by atoms with Crippen LogP contribution >= 0.6 is 0 Å². The molecule has 5 N–H and O–H groups in total. The van der Waals surface area contributed by atoms with E-state index < -0.39 is 5.97 Å². The monoisotopic (exact) mass is 375 g/mol. The summed E-state index contributed by atoms with van der Waals surface area (Å²) in [6.07, 6.45) is 0.679. The summed E-state index contributed by atoms with van der Waals surface area (Å²) >= 11 is 0. The number of nitrogens with two attached hydrogens (primary N) is 1. The smallest absolute Gasteiger partial charge is 0.414 e. The summed E-state index contributed by atoms with van der Waals surface area (Å²) in [5.74, 6) is -1.08. The van der Waals surface area contributed by atoms with Crippen LogP contribution in [0, 0.1) is 11.3 Å². The summed E-state index contributed by atoms with van der Waals surface area (Å²) in [4.78, 5) is 27.0. The van der Waals surface area contributed by atoms with Crippen LogP contribution in [0.15, 0.2) is 24.3 Å². The molecule has 0 aliphatic carbocycles. The fourth-order valence-electron chi connectivity index (χ4n) is 3.47. The number of carboxylic acids is 1. The lowest BCUT2D eigenvalue weighted by atomic mass is 9.97. The second kappa shape index (κ2) is 8.26. The number of amides is 1. The molecule has 2 fully saturated rings. The summed E-state index contributed by atoms with van der Waals surface area (Å²) < 4.78 is 5.49. The van der Waals surface area contributed by atoms with Crippen molar-refractivity contribution in [2.45, 2.75) is 25.5 Å². The van der Waals surface area contributed by atoms with E-state index in [2.05, 4.69) is 10.2 Å². The van der Waals surface area contributed by atoms with Crippen molar-refractivity contribution in [2.24, 2.45) is 11.7 Å². The number of cyclic esters (lactones) is 1. The normalized spacial score (nSPS) is 21.1. The molecule has 1 aromatic carbocycles. The minimum atomic E-state index is -0.727. The molecule has 1 atom stereocenters. The average molecular weight is 375 g/mol. The molecule has 2 saturated heterocycles. The zero-order valence-corrected chi connectivity index (χ0v) is 15.1. The van der Waals surface area contributed by atoms with Gasteiger partial charge in [0.1, 0.15) is 6.10 Å². The van der Waals surface area contributed by atoms with Crippen molar-refractivity contribution in [3.8, 4) is 0 Å². The number of nitrogens with one attached hydrogen (secondary N) is 2. The molecule has 9 heteroatoms. The third kappa shape index (κ3) is 4.88. The Balaban J connectivity index is 1.51. The first-order chi connectivity index (χ1) is 12.9. The van der Waals surface area contributed by atoms with Crippen LogP contribution in [0.25, 0.3) is 0 Å². The van der Waals surface area contributed by atoms with Crippen molar-refractivity contribution in [2.75, 3.05) is 31.1 Å². The topological polar surface area (TPSA) is 132 Å². The van der Waals surface area contributed by atoms with Gasteiger partial charge in [-0.15, -0.1) is 0 Å². The zero-order chi connectivity index (χ0) is 19.4. The summed E-state index contributed by atoms with van der Waals surface area (Å²) in [5, 5.41) is 19.0. The predicted octanol–water partition coefficient (Wildman–Crippen LogP) is 0.791. The second-order valence-corrected chi connectivity index (χ2v) is 6.96. The number of carbonyl (C=O) groups excluding carboxylic acids is 1. The van der Waals surface area contributed by atoms with E-state index in [1.807, 2.05) is 24.3 Å². The number of benzene rings is 1. The van der Waals surface area contributed by atoms with Gasteiger partial charge in [0.25, 0.3) is 0 Å². The van der Waals surface area contributed by atoms with Gasteiger partial charge in [-0.2, -0.15) is 0 Å². The maximum atomic E-state index is 12.2. The highest BCUT2D eigenvalue weighted by Crippen LogP contribution is 2.24. The first kappa shape index (κ1) is 19.0. The Bertz CT molecular complexity index is 700. The van der Waals surface area contributed by atoms with Crippen LogP contribution in [-0.2, 0) is 16.1 Å². The molecule has 0 radical (unpaired) electrons. The Hall–Kier alpha value is -2.81. The number of carboxylic acid groups (broad SMARTS) is 1. The number of carbonyl (C=O) groups is 2. The van der Waals surface area contributed by atoms with E-state index in [0.717, 1.165) is 11.3 Å². The second-order valence-electron chi connectivity index (χ2n) is 6.96. The summed E-state index contributed by atoms with van der Waals surface area (Å²) in [6.45, 7) is 2.97.